The van der Waals surface area contributed by atoms with Gasteiger partial charge in [0.15, 0.2) is 0 Å². The van der Waals surface area contributed by atoms with Crippen molar-refractivity contribution < 1.29 is 4.79 Å². The van der Waals surface area contributed by atoms with Crippen LogP contribution in [-0.2, 0) is 11.2 Å². The summed E-state index contributed by atoms with van der Waals surface area (Å²) in [5, 5.41) is 0. The number of aryl methyl sites for hydroxylation is 1. The van der Waals surface area contributed by atoms with Crippen molar-refractivity contribution in [1.29, 1.82) is 0 Å². The molecule has 6 nitrogen and oxygen atoms in total. The van der Waals surface area contributed by atoms with Crippen molar-refractivity contribution in [2.45, 2.75) is 52.5 Å². The minimum Gasteiger partial charge on any atom is -0.356 e. The molecule has 0 spiro atoms. The van der Waals surface area contributed by atoms with Crippen LogP contribution >= 0.6 is 24.0 Å². The molecule has 0 radical (unpaired) electrons. The van der Waals surface area contributed by atoms with Crippen molar-refractivity contribution in [2.75, 3.05) is 18.0 Å². The highest BCUT2D eigenvalue weighted by Gasteiger charge is 2.35. The van der Waals surface area contributed by atoms with Crippen LogP contribution in [0.15, 0.2) is 58.4 Å². The fourth-order valence-corrected chi connectivity index (χ4v) is 6.53. The normalized spacial score (nSPS) is 18.8. The van der Waals surface area contributed by atoms with Crippen LogP contribution < -0.4 is 10.5 Å². The second kappa shape index (κ2) is 10.8. The fraction of sp³-hybridized carbons (Fsp3) is 0.379. The summed E-state index contributed by atoms with van der Waals surface area (Å²) in [6.45, 7) is 7.62. The lowest BCUT2D eigenvalue weighted by atomic mass is 9.90. The van der Waals surface area contributed by atoms with E-state index in [1.807, 2.05) is 39.1 Å². The minimum absolute atomic E-state index is 0.0139. The molecule has 0 aliphatic carbocycles. The molecule has 0 saturated carbocycles. The van der Waals surface area contributed by atoms with E-state index < -0.39 is 0 Å². The summed E-state index contributed by atoms with van der Waals surface area (Å²) in [6.07, 6.45) is 7.45. The van der Waals surface area contributed by atoms with E-state index in [2.05, 4.69) is 35.2 Å². The lowest BCUT2D eigenvalue weighted by Crippen LogP contribution is -2.37. The van der Waals surface area contributed by atoms with Crippen LogP contribution in [0.5, 0.6) is 0 Å². The highest BCUT2D eigenvalue weighted by molar-refractivity contribution is 8.26. The Balaban J connectivity index is 1.50. The van der Waals surface area contributed by atoms with Crippen LogP contribution in [0.25, 0.3) is 11.7 Å². The first kappa shape index (κ1) is 25.7. The number of hydrogen-bond acceptors (Lipinski definition) is 6. The van der Waals surface area contributed by atoms with Crippen LogP contribution in [0.3, 0.4) is 0 Å². The summed E-state index contributed by atoms with van der Waals surface area (Å²) in [6, 6.07) is 14.5. The van der Waals surface area contributed by atoms with Crippen molar-refractivity contribution in [3.63, 3.8) is 0 Å². The van der Waals surface area contributed by atoms with Gasteiger partial charge in [-0.25, -0.2) is 4.98 Å². The quantitative estimate of drug-likeness (QED) is 0.310. The Morgan fingerprint density at radius 3 is 2.57 bits per heavy atom. The summed E-state index contributed by atoms with van der Waals surface area (Å²) in [4.78, 5) is 36.3. The molecule has 2 aromatic heterocycles. The number of hydrogen-bond donors (Lipinski definition) is 0. The van der Waals surface area contributed by atoms with Gasteiger partial charge in [-0.1, -0.05) is 67.3 Å². The molecule has 4 heterocycles. The van der Waals surface area contributed by atoms with Gasteiger partial charge >= 0.3 is 0 Å². The molecule has 2 aliphatic heterocycles. The highest BCUT2D eigenvalue weighted by Crippen LogP contribution is 2.36. The van der Waals surface area contributed by atoms with Gasteiger partial charge in [0, 0.05) is 25.3 Å². The number of aromatic nitrogens is 2. The van der Waals surface area contributed by atoms with Crippen molar-refractivity contribution in [1.82, 2.24) is 14.3 Å². The van der Waals surface area contributed by atoms with Crippen LogP contribution in [0.4, 0.5) is 5.82 Å². The summed E-state index contributed by atoms with van der Waals surface area (Å²) < 4.78 is 2.13. The number of thiocarbonyl (C=S) groups is 1. The van der Waals surface area contributed by atoms with Crippen molar-refractivity contribution >= 4 is 51.7 Å². The Hall–Kier alpha value is -2.97. The van der Waals surface area contributed by atoms with E-state index in [4.69, 9.17) is 17.2 Å². The maximum Gasteiger partial charge on any atom is 0.267 e. The van der Waals surface area contributed by atoms with Gasteiger partial charge in [0.25, 0.3) is 11.5 Å². The molecule has 0 unspecified atom stereocenters. The number of anilines is 1. The van der Waals surface area contributed by atoms with Gasteiger partial charge in [0.2, 0.25) is 0 Å². The Morgan fingerprint density at radius 1 is 1.14 bits per heavy atom. The third kappa shape index (κ3) is 5.22. The number of benzene rings is 1. The standard InChI is InChI=1S/C29H32N4O2S2/c1-4-20(3)33-28(35)24(37-29(33)36)17-23-26(30-25-11-10-19(2)18-32(25)27(23)34)31-14-12-22(13-15-31)16-21-8-6-5-7-9-21/h5-11,17-18,20,22H,4,12-16H2,1-3H3/b24-17-/t20-/m1/s1. The predicted octanol–water partition coefficient (Wildman–Crippen LogP) is 5.46. The summed E-state index contributed by atoms with van der Waals surface area (Å²) in [5.74, 6) is 1.12. The molecule has 192 valence electrons. The molecule has 2 fully saturated rings. The number of rotatable bonds is 6. The molecule has 0 N–H and O–H groups in total. The van der Waals surface area contributed by atoms with Gasteiger partial charge in [-0.2, -0.15) is 0 Å². The van der Waals surface area contributed by atoms with E-state index >= 15 is 0 Å². The predicted molar refractivity (Wildman–Crippen MR) is 156 cm³/mol. The summed E-state index contributed by atoms with van der Waals surface area (Å²) in [7, 11) is 0. The first-order valence-electron chi connectivity index (χ1n) is 12.9. The van der Waals surface area contributed by atoms with Crippen molar-refractivity contribution in [3.8, 4) is 0 Å². The Kier molecular flexibility index (Phi) is 7.49. The average molecular weight is 533 g/mol. The molecule has 2 aliphatic rings. The molecule has 0 bridgehead atoms. The van der Waals surface area contributed by atoms with Crippen molar-refractivity contribution in [2.24, 2.45) is 5.92 Å². The number of pyridine rings is 1. The third-order valence-electron chi connectivity index (χ3n) is 7.40. The lowest BCUT2D eigenvalue weighted by Gasteiger charge is -2.33. The fourth-order valence-electron chi connectivity index (χ4n) is 5.08. The van der Waals surface area contributed by atoms with Gasteiger partial charge < -0.3 is 4.90 Å². The molecule has 5 rings (SSSR count). The molecule has 3 aromatic rings. The first-order chi connectivity index (χ1) is 17.9. The molecular weight excluding hydrogens is 500 g/mol. The lowest BCUT2D eigenvalue weighted by molar-refractivity contribution is -0.123. The van der Waals surface area contributed by atoms with E-state index in [1.54, 1.807) is 15.4 Å². The summed E-state index contributed by atoms with van der Waals surface area (Å²) >= 11 is 6.79. The van der Waals surface area contributed by atoms with Crippen LogP contribution in [0.1, 0.15) is 49.8 Å². The SMILES string of the molecule is CC[C@@H](C)N1C(=O)/C(=C/c2c(N3CCC(Cc4ccccc4)CC3)nc3ccc(C)cn3c2=O)SC1=S. The van der Waals surface area contributed by atoms with Gasteiger partial charge in [-0.15, -0.1) is 0 Å². The topological polar surface area (TPSA) is 57.9 Å². The van der Waals surface area contributed by atoms with E-state index in [1.165, 1.54) is 17.3 Å². The van der Waals surface area contributed by atoms with E-state index in [9.17, 15) is 9.59 Å². The zero-order valence-corrected chi connectivity index (χ0v) is 23.1. The molecule has 1 aromatic carbocycles. The van der Waals surface area contributed by atoms with Crippen LogP contribution in [0.2, 0.25) is 0 Å². The molecule has 2 saturated heterocycles. The van der Waals surface area contributed by atoms with Gasteiger partial charge in [0.05, 0.1) is 10.5 Å². The molecule has 37 heavy (non-hydrogen) atoms. The number of carbonyl (C=O) groups is 1. The van der Waals surface area contributed by atoms with Gasteiger partial charge in [-0.05, 0) is 68.7 Å². The van der Waals surface area contributed by atoms with Crippen molar-refractivity contribution in [3.05, 3.63) is 80.6 Å². The second-order valence-corrected chi connectivity index (χ2v) is 11.7. The minimum atomic E-state index is -0.163. The maximum absolute atomic E-state index is 13.8. The van der Waals surface area contributed by atoms with E-state index in [0.717, 1.165) is 44.3 Å². The number of amides is 1. The Morgan fingerprint density at radius 2 is 1.86 bits per heavy atom. The smallest absolute Gasteiger partial charge is 0.267 e. The zero-order chi connectivity index (χ0) is 26.1. The number of fused-ring (bicyclic) bond motifs is 1. The number of thioether (sulfide) groups is 1. The van der Waals surface area contributed by atoms with Gasteiger partial charge in [-0.3, -0.25) is 18.9 Å². The Labute approximate surface area is 227 Å². The number of piperidine rings is 1. The molecule has 1 atom stereocenters. The zero-order valence-electron chi connectivity index (χ0n) is 21.5. The monoisotopic (exact) mass is 532 g/mol. The molecule has 8 heteroatoms. The second-order valence-electron chi connectivity index (χ2n) is 10.0. The Bertz CT molecular complexity index is 1430. The summed E-state index contributed by atoms with van der Waals surface area (Å²) in [5.41, 5.74) is 3.24. The first-order valence-corrected chi connectivity index (χ1v) is 14.2. The van der Waals surface area contributed by atoms with E-state index in [0.29, 0.717) is 32.2 Å². The average Bonchev–Trinajstić information content (AvgIpc) is 3.19. The third-order valence-corrected chi connectivity index (χ3v) is 8.73. The maximum atomic E-state index is 13.8. The molecular formula is C29H32N4O2S2. The highest BCUT2D eigenvalue weighted by atomic mass is 32.2. The van der Waals surface area contributed by atoms with Gasteiger partial charge in [0.1, 0.15) is 15.8 Å². The largest absolute Gasteiger partial charge is 0.356 e. The molecule has 1 amide bonds. The number of carbonyl (C=O) groups excluding carboxylic acids is 1. The van der Waals surface area contributed by atoms with Crippen LogP contribution in [0, 0.1) is 12.8 Å². The van der Waals surface area contributed by atoms with E-state index in [-0.39, 0.29) is 17.5 Å². The van der Waals surface area contributed by atoms with Crippen LogP contribution in [-0.4, -0.2) is 43.6 Å². The number of nitrogens with zero attached hydrogens (tertiary/aromatic N) is 4.